The molecule has 0 unspecified atom stereocenters. The highest BCUT2D eigenvalue weighted by molar-refractivity contribution is 9.10. The molecule has 0 aliphatic heterocycles. The summed E-state index contributed by atoms with van der Waals surface area (Å²) < 4.78 is 6.18. The predicted octanol–water partition coefficient (Wildman–Crippen LogP) is 4.60. The van der Waals surface area contributed by atoms with Gasteiger partial charge in [-0.2, -0.15) is 0 Å². The van der Waals surface area contributed by atoms with Gasteiger partial charge >= 0.3 is 0 Å². The van der Waals surface area contributed by atoms with Crippen LogP contribution < -0.4 is 10.1 Å². The van der Waals surface area contributed by atoms with Crippen LogP contribution >= 0.6 is 27.5 Å². The van der Waals surface area contributed by atoms with Gasteiger partial charge in [-0.1, -0.05) is 24.9 Å². The van der Waals surface area contributed by atoms with Crippen LogP contribution in [0.4, 0.5) is 11.5 Å². The average Bonchev–Trinajstić information content (AvgIpc) is 2.44. The summed E-state index contributed by atoms with van der Waals surface area (Å²) in [7, 11) is 1.63. The van der Waals surface area contributed by atoms with E-state index in [-0.39, 0.29) is 0 Å². The third kappa shape index (κ3) is 3.41. The van der Waals surface area contributed by atoms with Crippen LogP contribution in [0.5, 0.6) is 5.75 Å². The van der Waals surface area contributed by atoms with Gasteiger partial charge in [0.2, 0.25) is 0 Å². The molecule has 0 spiro atoms. The third-order valence-electron chi connectivity index (χ3n) is 2.81. The SMILES string of the molecule is CCCc1c(Cl)ncnc1Nc1ccc(Br)c(OC)c1. The molecule has 20 heavy (non-hydrogen) atoms. The molecule has 0 radical (unpaired) electrons. The van der Waals surface area contributed by atoms with Crippen LogP contribution in [0.2, 0.25) is 5.15 Å². The van der Waals surface area contributed by atoms with Crippen LogP contribution in [0.1, 0.15) is 18.9 Å². The van der Waals surface area contributed by atoms with Crippen LogP contribution in [-0.2, 0) is 6.42 Å². The first-order valence-corrected chi connectivity index (χ1v) is 7.42. The van der Waals surface area contributed by atoms with Crippen molar-refractivity contribution >= 4 is 39.0 Å². The van der Waals surface area contributed by atoms with Crippen LogP contribution in [0, 0.1) is 0 Å². The number of hydrogen-bond acceptors (Lipinski definition) is 4. The topological polar surface area (TPSA) is 47.0 Å². The van der Waals surface area contributed by atoms with E-state index in [1.54, 1.807) is 7.11 Å². The van der Waals surface area contributed by atoms with Crippen molar-refractivity contribution < 1.29 is 4.74 Å². The largest absolute Gasteiger partial charge is 0.495 e. The van der Waals surface area contributed by atoms with Crippen molar-refractivity contribution in [3.8, 4) is 5.75 Å². The van der Waals surface area contributed by atoms with Crippen molar-refractivity contribution in [1.29, 1.82) is 0 Å². The Hall–Kier alpha value is -1.33. The summed E-state index contributed by atoms with van der Waals surface area (Å²) in [6, 6.07) is 5.76. The molecule has 0 amide bonds. The Morgan fingerprint density at radius 2 is 2.15 bits per heavy atom. The summed E-state index contributed by atoms with van der Waals surface area (Å²) in [6.07, 6.45) is 3.26. The number of rotatable bonds is 5. The second kappa shape index (κ2) is 6.90. The molecule has 1 aromatic carbocycles. The Morgan fingerprint density at radius 3 is 2.85 bits per heavy atom. The normalized spacial score (nSPS) is 10.4. The summed E-state index contributed by atoms with van der Waals surface area (Å²) >= 11 is 9.56. The fraction of sp³-hybridized carbons (Fsp3) is 0.286. The lowest BCUT2D eigenvalue weighted by atomic mass is 10.2. The van der Waals surface area contributed by atoms with E-state index in [9.17, 15) is 0 Å². The maximum atomic E-state index is 6.13. The van der Waals surface area contributed by atoms with Crippen molar-refractivity contribution in [2.24, 2.45) is 0 Å². The third-order valence-corrected chi connectivity index (χ3v) is 3.79. The van der Waals surface area contributed by atoms with Crippen LogP contribution in [0.3, 0.4) is 0 Å². The zero-order valence-electron chi connectivity index (χ0n) is 11.3. The number of aromatic nitrogens is 2. The lowest BCUT2D eigenvalue weighted by molar-refractivity contribution is 0.412. The number of methoxy groups -OCH3 is 1. The standard InChI is InChI=1S/C14H15BrClN3O/c1-3-4-10-13(16)17-8-18-14(10)19-9-5-6-11(15)12(7-9)20-2/h5-8H,3-4H2,1-2H3,(H,17,18,19). The molecule has 0 saturated carbocycles. The lowest BCUT2D eigenvalue weighted by Crippen LogP contribution is -2.01. The van der Waals surface area contributed by atoms with E-state index in [0.29, 0.717) is 5.15 Å². The molecule has 4 nitrogen and oxygen atoms in total. The summed E-state index contributed by atoms with van der Waals surface area (Å²) in [6.45, 7) is 2.09. The molecule has 0 aliphatic rings. The molecule has 6 heteroatoms. The molecule has 0 saturated heterocycles. The van der Waals surface area contributed by atoms with E-state index in [1.165, 1.54) is 6.33 Å². The minimum atomic E-state index is 0.494. The molecule has 1 aromatic heterocycles. The first kappa shape index (κ1) is 15.1. The van der Waals surface area contributed by atoms with Crippen molar-refractivity contribution in [1.82, 2.24) is 9.97 Å². The van der Waals surface area contributed by atoms with Gasteiger partial charge in [-0.15, -0.1) is 0 Å². The highest BCUT2D eigenvalue weighted by Crippen LogP contribution is 2.30. The molecule has 0 fully saturated rings. The monoisotopic (exact) mass is 355 g/mol. The quantitative estimate of drug-likeness (QED) is 0.796. The van der Waals surface area contributed by atoms with Gasteiger partial charge in [0.15, 0.2) is 0 Å². The Kier molecular flexibility index (Phi) is 5.20. The van der Waals surface area contributed by atoms with E-state index in [4.69, 9.17) is 16.3 Å². The molecule has 2 aromatic rings. The van der Waals surface area contributed by atoms with Crippen molar-refractivity contribution in [2.75, 3.05) is 12.4 Å². The van der Waals surface area contributed by atoms with Gasteiger partial charge in [-0.3, -0.25) is 0 Å². The van der Waals surface area contributed by atoms with E-state index < -0.39 is 0 Å². The van der Waals surface area contributed by atoms with Gasteiger partial charge in [0, 0.05) is 17.3 Å². The van der Waals surface area contributed by atoms with E-state index in [1.807, 2.05) is 18.2 Å². The fourth-order valence-electron chi connectivity index (χ4n) is 1.84. The highest BCUT2D eigenvalue weighted by Gasteiger charge is 2.10. The number of anilines is 2. The van der Waals surface area contributed by atoms with Crippen molar-refractivity contribution in [2.45, 2.75) is 19.8 Å². The molecular weight excluding hydrogens is 342 g/mol. The average molecular weight is 357 g/mol. The Morgan fingerprint density at radius 1 is 1.35 bits per heavy atom. The van der Waals surface area contributed by atoms with Gasteiger partial charge in [-0.25, -0.2) is 9.97 Å². The zero-order chi connectivity index (χ0) is 14.5. The zero-order valence-corrected chi connectivity index (χ0v) is 13.6. The van der Waals surface area contributed by atoms with E-state index >= 15 is 0 Å². The van der Waals surface area contributed by atoms with Gasteiger partial charge in [-0.05, 0) is 34.5 Å². The maximum absolute atomic E-state index is 6.13. The molecule has 2 rings (SSSR count). The molecule has 0 bridgehead atoms. The smallest absolute Gasteiger partial charge is 0.138 e. The highest BCUT2D eigenvalue weighted by atomic mass is 79.9. The van der Waals surface area contributed by atoms with Gasteiger partial charge in [0.05, 0.1) is 11.6 Å². The summed E-state index contributed by atoms with van der Waals surface area (Å²) in [5, 5.41) is 3.76. The number of ether oxygens (including phenoxy) is 1. The number of benzene rings is 1. The molecule has 0 atom stereocenters. The first-order chi connectivity index (χ1) is 9.65. The molecule has 1 heterocycles. The second-order valence-electron chi connectivity index (χ2n) is 4.22. The molecule has 1 N–H and O–H groups in total. The molecular formula is C14H15BrClN3O. The van der Waals surface area contributed by atoms with Crippen LogP contribution in [-0.4, -0.2) is 17.1 Å². The molecule has 0 aliphatic carbocycles. The lowest BCUT2D eigenvalue weighted by Gasteiger charge is -2.12. The van der Waals surface area contributed by atoms with Crippen molar-refractivity contribution in [3.63, 3.8) is 0 Å². The van der Waals surface area contributed by atoms with Gasteiger partial charge in [0.25, 0.3) is 0 Å². The number of hydrogen-bond donors (Lipinski definition) is 1. The minimum absolute atomic E-state index is 0.494. The Balaban J connectivity index is 2.32. The second-order valence-corrected chi connectivity index (χ2v) is 5.43. The number of nitrogens with zero attached hydrogens (tertiary/aromatic N) is 2. The first-order valence-electron chi connectivity index (χ1n) is 6.25. The number of nitrogens with one attached hydrogen (secondary N) is 1. The van der Waals surface area contributed by atoms with Gasteiger partial charge < -0.3 is 10.1 Å². The van der Waals surface area contributed by atoms with Gasteiger partial charge in [0.1, 0.15) is 23.0 Å². The molecule has 106 valence electrons. The number of halogens is 2. The maximum Gasteiger partial charge on any atom is 0.138 e. The summed E-state index contributed by atoms with van der Waals surface area (Å²) in [5.74, 6) is 1.49. The minimum Gasteiger partial charge on any atom is -0.495 e. The Bertz CT molecular complexity index is 607. The Labute approximate surface area is 131 Å². The fourth-order valence-corrected chi connectivity index (χ4v) is 2.48. The summed E-state index contributed by atoms with van der Waals surface area (Å²) in [5.41, 5.74) is 1.82. The van der Waals surface area contributed by atoms with E-state index in [0.717, 1.165) is 40.1 Å². The van der Waals surface area contributed by atoms with Crippen LogP contribution in [0.15, 0.2) is 29.0 Å². The van der Waals surface area contributed by atoms with Crippen LogP contribution in [0.25, 0.3) is 0 Å². The summed E-state index contributed by atoms with van der Waals surface area (Å²) in [4.78, 5) is 8.30. The van der Waals surface area contributed by atoms with Crippen molar-refractivity contribution in [3.05, 3.63) is 39.7 Å². The van der Waals surface area contributed by atoms with E-state index in [2.05, 4.69) is 38.1 Å². The predicted molar refractivity (Wildman–Crippen MR) is 85.0 cm³/mol.